The Morgan fingerprint density at radius 3 is 2.40 bits per heavy atom. The fraction of sp³-hybridized carbons (Fsp3) is 0.538. The van der Waals surface area contributed by atoms with Crippen LogP contribution >= 0.6 is 0 Å². The lowest BCUT2D eigenvalue weighted by atomic mass is 10.1. The van der Waals surface area contributed by atoms with Gasteiger partial charge in [-0.3, -0.25) is 0 Å². The third kappa shape index (κ3) is 4.57. The summed E-state index contributed by atoms with van der Waals surface area (Å²) in [6.45, 7) is 3.83. The molecule has 1 unspecified atom stereocenters. The van der Waals surface area contributed by atoms with Crippen molar-refractivity contribution >= 4 is 11.4 Å². The zero-order valence-corrected chi connectivity index (χ0v) is 12.6. The Morgan fingerprint density at radius 2 is 1.90 bits per heavy atom. The van der Waals surface area contributed by atoms with Gasteiger partial charge in [-0.2, -0.15) is 8.78 Å². The second-order valence-corrected chi connectivity index (χ2v) is 7.26. The van der Waals surface area contributed by atoms with Crippen molar-refractivity contribution < 1.29 is 22.5 Å². The molecule has 3 nitrogen and oxygen atoms in total. The van der Waals surface area contributed by atoms with Crippen molar-refractivity contribution in [2.75, 3.05) is 0 Å². The second-order valence-electron chi connectivity index (χ2n) is 5.26. The van der Waals surface area contributed by atoms with Crippen LogP contribution in [0, 0.1) is 5.82 Å². The minimum Gasteiger partial charge on any atom is -0.598 e. The summed E-state index contributed by atoms with van der Waals surface area (Å²) in [5.41, 5.74) is 0.126. The van der Waals surface area contributed by atoms with Crippen LogP contribution in [-0.2, 0) is 11.4 Å². The van der Waals surface area contributed by atoms with Gasteiger partial charge in [0, 0.05) is 16.9 Å². The van der Waals surface area contributed by atoms with E-state index in [0.717, 1.165) is 6.07 Å². The molecule has 7 heteroatoms. The van der Waals surface area contributed by atoms with Gasteiger partial charge in [-0.1, -0.05) is 12.1 Å². The Hall–Kier alpha value is -0.920. The molecule has 2 atom stereocenters. The summed E-state index contributed by atoms with van der Waals surface area (Å²) in [5.74, 6) is -1.40. The standard InChI is InChI=1S/C13H18F3NO2S/c1-8(17-20(18)13(2,3)4)9-6-5-7-10(11(9)14)19-12(15)16/h5-8,12,17H,1-4H3/t8-,20?/m1/s1. The van der Waals surface area contributed by atoms with Gasteiger partial charge in [0.05, 0.1) is 6.04 Å². The van der Waals surface area contributed by atoms with Crippen molar-refractivity contribution in [3.8, 4) is 5.75 Å². The summed E-state index contributed by atoms with van der Waals surface area (Å²) in [4.78, 5) is 0. The van der Waals surface area contributed by atoms with Crippen molar-refractivity contribution in [2.24, 2.45) is 0 Å². The van der Waals surface area contributed by atoms with Gasteiger partial charge in [0.1, 0.15) is 4.75 Å². The number of ether oxygens (including phenoxy) is 1. The van der Waals surface area contributed by atoms with E-state index in [1.165, 1.54) is 12.1 Å². The van der Waals surface area contributed by atoms with E-state index in [4.69, 9.17) is 0 Å². The lowest BCUT2D eigenvalue weighted by Crippen LogP contribution is -2.40. The summed E-state index contributed by atoms with van der Waals surface area (Å²) in [7, 11) is 0. The SMILES string of the molecule is C[C@@H](N[S+]([O-])C(C)(C)C)c1cccc(OC(F)F)c1F. The van der Waals surface area contributed by atoms with Gasteiger partial charge in [0.15, 0.2) is 11.6 Å². The molecule has 1 rings (SSSR count). The molecule has 0 bridgehead atoms. The molecule has 0 heterocycles. The van der Waals surface area contributed by atoms with E-state index in [2.05, 4.69) is 9.46 Å². The number of halogens is 3. The van der Waals surface area contributed by atoms with Gasteiger partial charge < -0.3 is 9.29 Å². The number of nitrogens with one attached hydrogen (secondary N) is 1. The number of hydrogen-bond donors (Lipinski definition) is 1. The van der Waals surface area contributed by atoms with E-state index < -0.39 is 40.3 Å². The molecule has 0 aliphatic heterocycles. The Bertz CT molecular complexity index is 452. The molecule has 0 saturated carbocycles. The number of hydrogen-bond acceptors (Lipinski definition) is 3. The smallest absolute Gasteiger partial charge is 0.387 e. The zero-order valence-electron chi connectivity index (χ0n) is 11.7. The van der Waals surface area contributed by atoms with Gasteiger partial charge in [0.25, 0.3) is 0 Å². The van der Waals surface area contributed by atoms with Gasteiger partial charge >= 0.3 is 6.61 Å². The molecule has 0 aliphatic rings. The maximum absolute atomic E-state index is 14.0. The van der Waals surface area contributed by atoms with Crippen LogP contribution in [0.15, 0.2) is 18.2 Å². The molecular weight excluding hydrogens is 291 g/mol. The average molecular weight is 309 g/mol. The topological polar surface area (TPSA) is 44.3 Å². The molecule has 0 saturated heterocycles. The lowest BCUT2D eigenvalue weighted by molar-refractivity contribution is -0.0523. The molecule has 1 aromatic rings. The summed E-state index contributed by atoms with van der Waals surface area (Å²) in [6, 6.07) is 3.37. The maximum Gasteiger partial charge on any atom is 0.387 e. The van der Waals surface area contributed by atoms with Crippen molar-refractivity contribution in [1.82, 2.24) is 4.72 Å². The fourth-order valence-electron chi connectivity index (χ4n) is 1.45. The average Bonchev–Trinajstić information content (AvgIpc) is 2.29. The molecule has 0 fully saturated rings. The molecule has 0 radical (unpaired) electrons. The largest absolute Gasteiger partial charge is 0.598 e. The quantitative estimate of drug-likeness (QED) is 0.846. The molecular formula is C13H18F3NO2S. The van der Waals surface area contributed by atoms with Crippen LogP contribution in [0.2, 0.25) is 0 Å². The van der Waals surface area contributed by atoms with Crippen LogP contribution < -0.4 is 9.46 Å². The number of rotatable bonds is 5. The van der Waals surface area contributed by atoms with Gasteiger partial charge in [-0.15, -0.1) is 4.72 Å². The molecule has 1 N–H and O–H groups in total. The highest BCUT2D eigenvalue weighted by molar-refractivity contribution is 7.90. The van der Waals surface area contributed by atoms with E-state index in [9.17, 15) is 17.7 Å². The van der Waals surface area contributed by atoms with Crippen LogP contribution in [0.4, 0.5) is 13.2 Å². The summed E-state index contributed by atoms with van der Waals surface area (Å²) in [5, 5.41) is 0. The second kappa shape index (κ2) is 6.69. The first kappa shape index (κ1) is 17.1. The Morgan fingerprint density at radius 1 is 1.30 bits per heavy atom. The fourth-order valence-corrected chi connectivity index (χ4v) is 2.25. The molecule has 0 amide bonds. The molecule has 114 valence electrons. The van der Waals surface area contributed by atoms with Crippen molar-refractivity contribution in [1.29, 1.82) is 0 Å². The van der Waals surface area contributed by atoms with Crippen LogP contribution in [-0.4, -0.2) is 15.9 Å². The highest BCUT2D eigenvalue weighted by Gasteiger charge is 2.29. The van der Waals surface area contributed by atoms with Crippen molar-refractivity contribution in [3.05, 3.63) is 29.6 Å². The zero-order chi connectivity index (χ0) is 15.5. The first-order valence-corrected chi connectivity index (χ1v) is 7.19. The lowest BCUT2D eigenvalue weighted by Gasteiger charge is -2.26. The monoisotopic (exact) mass is 309 g/mol. The van der Waals surface area contributed by atoms with Gasteiger partial charge in [-0.05, 0) is 33.8 Å². The molecule has 0 aliphatic carbocycles. The van der Waals surface area contributed by atoms with Crippen LogP contribution in [0.3, 0.4) is 0 Å². The van der Waals surface area contributed by atoms with Crippen LogP contribution in [0.25, 0.3) is 0 Å². The summed E-state index contributed by atoms with van der Waals surface area (Å²) < 4.78 is 56.6. The first-order chi connectivity index (χ1) is 9.12. The van der Waals surface area contributed by atoms with E-state index in [-0.39, 0.29) is 5.56 Å². The number of alkyl halides is 2. The van der Waals surface area contributed by atoms with E-state index >= 15 is 0 Å². The Balaban J connectivity index is 2.91. The van der Waals surface area contributed by atoms with E-state index in [0.29, 0.717) is 0 Å². The molecule has 20 heavy (non-hydrogen) atoms. The van der Waals surface area contributed by atoms with E-state index in [1.54, 1.807) is 27.7 Å². The Kier molecular flexibility index (Phi) is 5.73. The Labute approximate surface area is 119 Å². The summed E-state index contributed by atoms with van der Waals surface area (Å²) in [6.07, 6.45) is 0. The minimum absolute atomic E-state index is 0.126. The number of benzene rings is 1. The predicted molar refractivity (Wildman–Crippen MR) is 72.5 cm³/mol. The van der Waals surface area contributed by atoms with Crippen molar-refractivity contribution in [3.63, 3.8) is 0 Å². The maximum atomic E-state index is 14.0. The molecule has 0 aromatic heterocycles. The van der Waals surface area contributed by atoms with E-state index in [1.807, 2.05) is 0 Å². The van der Waals surface area contributed by atoms with Gasteiger partial charge in [-0.25, -0.2) is 4.39 Å². The highest BCUT2D eigenvalue weighted by Crippen LogP contribution is 2.27. The minimum atomic E-state index is -3.09. The van der Waals surface area contributed by atoms with Crippen molar-refractivity contribution in [2.45, 2.75) is 45.1 Å². The summed E-state index contributed by atoms with van der Waals surface area (Å²) >= 11 is -1.40. The van der Waals surface area contributed by atoms with Crippen LogP contribution in [0.1, 0.15) is 39.3 Å². The molecule has 0 spiro atoms. The predicted octanol–water partition coefficient (Wildman–Crippen LogP) is 3.54. The first-order valence-electron chi connectivity index (χ1n) is 6.04. The third-order valence-electron chi connectivity index (χ3n) is 2.52. The van der Waals surface area contributed by atoms with Crippen LogP contribution in [0.5, 0.6) is 5.75 Å². The highest BCUT2D eigenvalue weighted by atomic mass is 32.2. The molecule has 1 aromatic carbocycles. The normalized spacial score (nSPS) is 15.2. The third-order valence-corrected chi connectivity index (χ3v) is 4.20. The van der Waals surface area contributed by atoms with Gasteiger partial charge in [0.2, 0.25) is 0 Å².